The smallest absolute Gasteiger partial charge is 0.310 e. The molecular formula is C17H24N2O5S. The van der Waals surface area contributed by atoms with Gasteiger partial charge in [-0.1, -0.05) is 18.2 Å². The van der Waals surface area contributed by atoms with E-state index in [1.54, 1.807) is 30.3 Å². The van der Waals surface area contributed by atoms with Crippen LogP contribution in [0, 0.1) is 0 Å². The fourth-order valence-corrected chi connectivity index (χ4v) is 4.04. The number of hydrogen-bond acceptors (Lipinski definition) is 6. The molecule has 0 saturated carbocycles. The normalized spacial score (nSPS) is 22.1. The van der Waals surface area contributed by atoms with Gasteiger partial charge in [0.2, 0.25) is 0 Å². The molecule has 0 bridgehead atoms. The molecule has 0 spiro atoms. The lowest BCUT2D eigenvalue weighted by Crippen LogP contribution is -2.52. The average molecular weight is 368 g/mol. The maximum absolute atomic E-state index is 12.3. The van der Waals surface area contributed by atoms with Gasteiger partial charge in [-0.15, -0.1) is 0 Å². The Kier molecular flexibility index (Phi) is 5.93. The first-order chi connectivity index (χ1) is 12.0. The lowest BCUT2D eigenvalue weighted by molar-refractivity contribution is -0.142. The molecular weight excluding hydrogens is 344 g/mol. The van der Waals surface area contributed by atoms with E-state index in [-0.39, 0.29) is 17.8 Å². The Morgan fingerprint density at radius 3 is 2.52 bits per heavy atom. The van der Waals surface area contributed by atoms with Crippen molar-refractivity contribution in [3.63, 3.8) is 0 Å². The van der Waals surface area contributed by atoms with Crippen LogP contribution in [0.2, 0.25) is 0 Å². The second-order valence-corrected chi connectivity index (χ2v) is 8.02. The molecule has 25 heavy (non-hydrogen) atoms. The lowest BCUT2D eigenvalue weighted by Gasteiger charge is -2.35. The van der Waals surface area contributed by atoms with E-state index >= 15 is 0 Å². The number of carbonyl (C=O) groups excluding carboxylic acids is 1. The molecule has 0 aliphatic carbocycles. The fraction of sp³-hybridized carbons (Fsp3) is 0.588. The number of carbonyl (C=O) groups is 1. The second kappa shape index (κ2) is 8.16. The SMILES string of the molecule is O=C(C1CCCO1)N1CCN(CCS(=O)(=O)Oc2ccccc2)CC1. The molecule has 1 atom stereocenters. The number of benzene rings is 1. The van der Waals surface area contributed by atoms with Gasteiger partial charge in [0.1, 0.15) is 11.9 Å². The molecule has 1 aromatic carbocycles. The molecule has 0 radical (unpaired) electrons. The Bertz CT molecular complexity index is 666. The van der Waals surface area contributed by atoms with Gasteiger partial charge in [-0.25, -0.2) is 0 Å². The van der Waals surface area contributed by atoms with Gasteiger partial charge < -0.3 is 13.8 Å². The summed E-state index contributed by atoms with van der Waals surface area (Å²) in [6.45, 7) is 3.61. The van der Waals surface area contributed by atoms with Crippen molar-refractivity contribution in [3.05, 3.63) is 30.3 Å². The molecule has 2 aliphatic heterocycles. The van der Waals surface area contributed by atoms with Crippen LogP contribution in [0.5, 0.6) is 5.75 Å². The third-order valence-corrected chi connectivity index (χ3v) is 5.64. The molecule has 2 aliphatic rings. The van der Waals surface area contributed by atoms with Crippen LogP contribution < -0.4 is 4.18 Å². The van der Waals surface area contributed by atoms with E-state index in [2.05, 4.69) is 0 Å². The number of ether oxygens (including phenoxy) is 1. The zero-order valence-electron chi connectivity index (χ0n) is 14.2. The van der Waals surface area contributed by atoms with Crippen molar-refractivity contribution in [3.8, 4) is 5.75 Å². The van der Waals surface area contributed by atoms with Gasteiger partial charge in [-0.3, -0.25) is 9.69 Å². The molecule has 2 heterocycles. The summed E-state index contributed by atoms with van der Waals surface area (Å²) in [4.78, 5) is 16.2. The van der Waals surface area contributed by atoms with E-state index < -0.39 is 10.1 Å². The van der Waals surface area contributed by atoms with Crippen LogP contribution in [0.25, 0.3) is 0 Å². The van der Waals surface area contributed by atoms with Gasteiger partial charge >= 0.3 is 10.1 Å². The van der Waals surface area contributed by atoms with Crippen LogP contribution in [-0.2, 0) is 19.6 Å². The minimum Gasteiger partial charge on any atom is -0.382 e. The van der Waals surface area contributed by atoms with Crippen LogP contribution in [0.15, 0.2) is 30.3 Å². The average Bonchev–Trinajstić information content (AvgIpc) is 3.15. The molecule has 0 N–H and O–H groups in total. The zero-order chi connectivity index (χ0) is 17.7. The second-order valence-electron chi connectivity index (χ2n) is 6.33. The van der Waals surface area contributed by atoms with E-state index in [0.29, 0.717) is 45.1 Å². The van der Waals surface area contributed by atoms with Gasteiger partial charge in [0.25, 0.3) is 5.91 Å². The van der Waals surface area contributed by atoms with Crippen LogP contribution in [-0.4, -0.2) is 75.3 Å². The number of rotatable bonds is 6. The van der Waals surface area contributed by atoms with Crippen LogP contribution in [0.4, 0.5) is 0 Å². The van der Waals surface area contributed by atoms with Crippen LogP contribution >= 0.6 is 0 Å². The Labute approximate surface area is 148 Å². The summed E-state index contributed by atoms with van der Waals surface area (Å²) in [7, 11) is -3.62. The molecule has 2 fully saturated rings. The van der Waals surface area contributed by atoms with Crippen molar-refractivity contribution in [2.75, 3.05) is 45.1 Å². The first kappa shape index (κ1) is 18.2. The van der Waals surface area contributed by atoms with Crippen molar-refractivity contribution in [1.82, 2.24) is 9.80 Å². The summed E-state index contributed by atoms with van der Waals surface area (Å²) in [6, 6.07) is 8.50. The summed E-state index contributed by atoms with van der Waals surface area (Å²) in [6.07, 6.45) is 1.45. The topological polar surface area (TPSA) is 76.2 Å². The van der Waals surface area contributed by atoms with Crippen molar-refractivity contribution in [2.45, 2.75) is 18.9 Å². The Hall–Kier alpha value is -1.64. The maximum Gasteiger partial charge on any atom is 0.310 e. The molecule has 7 nitrogen and oxygen atoms in total. The maximum atomic E-state index is 12.3. The van der Waals surface area contributed by atoms with Crippen LogP contribution in [0.1, 0.15) is 12.8 Å². The third kappa shape index (κ3) is 5.17. The first-order valence-electron chi connectivity index (χ1n) is 8.63. The van der Waals surface area contributed by atoms with Gasteiger partial charge in [-0.2, -0.15) is 8.42 Å². The monoisotopic (exact) mass is 368 g/mol. The number of amides is 1. The van der Waals surface area contributed by atoms with Gasteiger partial charge in [0.05, 0.1) is 5.75 Å². The highest BCUT2D eigenvalue weighted by molar-refractivity contribution is 7.87. The first-order valence-corrected chi connectivity index (χ1v) is 10.2. The highest BCUT2D eigenvalue weighted by Crippen LogP contribution is 2.16. The minimum absolute atomic E-state index is 0.0668. The van der Waals surface area contributed by atoms with Crippen molar-refractivity contribution in [1.29, 1.82) is 0 Å². The predicted octanol–water partition coefficient (Wildman–Crippen LogP) is 0.718. The molecule has 138 valence electrons. The molecule has 2 saturated heterocycles. The fourth-order valence-electron chi connectivity index (χ4n) is 3.07. The highest BCUT2D eigenvalue weighted by Gasteiger charge is 2.30. The predicted molar refractivity (Wildman–Crippen MR) is 92.9 cm³/mol. The van der Waals surface area contributed by atoms with Gasteiger partial charge in [-0.05, 0) is 25.0 Å². The minimum atomic E-state index is -3.62. The summed E-state index contributed by atoms with van der Waals surface area (Å²) in [5, 5.41) is 0. The van der Waals surface area contributed by atoms with Gasteiger partial charge in [0.15, 0.2) is 0 Å². The van der Waals surface area contributed by atoms with Crippen molar-refractivity contribution < 1.29 is 22.1 Å². The number of nitrogens with zero attached hydrogens (tertiary/aromatic N) is 2. The van der Waals surface area contributed by atoms with Crippen molar-refractivity contribution >= 4 is 16.0 Å². The Morgan fingerprint density at radius 2 is 1.88 bits per heavy atom. The van der Waals surface area contributed by atoms with E-state index in [1.807, 2.05) is 9.80 Å². The summed E-state index contributed by atoms with van der Waals surface area (Å²) in [5.74, 6) is 0.327. The number of para-hydroxylation sites is 1. The summed E-state index contributed by atoms with van der Waals surface area (Å²) >= 11 is 0. The zero-order valence-corrected chi connectivity index (χ0v) is 15.0. The van der Waals surface area contributed by atoms with Crippen molar-refractivity contribution in [2.24, 2.45) is 0 Å². The van der Waals surface area contributed by atoms with E-state index in [1.165, 1.54) is 0 Å². The summed E-state index contributed by atoms with van der Waals surface area (Å²) in [5.41, 5.74) is 0. The van der Waals surface area contributed by atoms with Gasteiger partial charge in [0, 0.05) is 39.3 Å². The molecule has 1 amide bonds. The molecule has 1 aromatic rings. The molecule has 0 aromatic heterocycles. The molecule has 8 heteroatoms. The number of hydrogen-bond donors (Lipinski definition) is 0. The largest absolute Gasteiger partial charge is 0.382 e. The summed E-state index contributed by atoms with van der Waals surface area (Å²) < 4.78 is 34.6. The third-order valence-electron chi connectivity index (χ3n) is 4.51. The number of piperazine rings is 1. The molecule has 1 unspecified atom stereocenters. The Balaban J connectivity index is 1.42. The van der Waals surface area contributed by atoms with E-state index in [4.69, 9.17) is 8.92 Å². The van der Waals surface area contributed by atoms with E-state index in [9.17, 15) is 13.2 Å². The van der Waals surface area contributed by atoms with E-state index in [0.717, 1.165) is 12.8 Å². The Morgan fingerprint density at radius 1 is 1.16 bits per heavy atom. The lowest BCUT2D eigenvalue weighted by atomic mass is 10.2. The standard InChI is InChI=1S/C17H24N2O5S/c20-17(16-7-4-13-23-16)19-10-8-18(9-11-19)12-14-25(21,22)24-15-5-2-1-3-6-15/h1-3,5-6,16H,4,7-14H2. The molecule has 3 rings (SSSR count). The van der Waals surface area contributed by atoms with Crippen LogP contribution in [0.3, 0.4) is 0 Å². The quantitative estimate of drug-likeness (QED) is 0.689. The highest BCUT2D eigenvalue weighted by atomic mass is 32.2.